The van der Waals surface area contributed by atoms with E-state index in [1.165, 1.54) is 0 Å². The van der Waals surface area contributed by atoms with Crippen LogP contribution in [0.2, 0.25) is 0 Å². The van der Waals surface area contributed by atoms with Crippen LogP contribution in [0.3, 0.4) is 0 Å². The molecule has 1 aromatic rings. The molecule has 0 spiro atoms. The van der Waals surface area contributed by atoms with Crippen molar-refractivity contribution in [2.24, 2.45) is 5.73 Å². The van der Waals surface area contributed by atoms with Crippen molar-refractivity contribution in [2.75, 3.05) is 20.1 Å². The molecule has 98 valence electrons. The molecular weight excluding hydrogens is 246 g/mol. The van der Waals surface area contributed by atoms with Crippen molar-refractivity contribution in [3.8, 4) is 5.88 Å². The molecule has 0 aliphatic carbocycles. The van der Waals surface area contributed by atoms with Gasteiger partial charge >= 0.3 is 0 Å². The lowest BCUT2D eigenvalue weighted by Crippen LogP contribution is -2.36. The number of thiocarbonyl (C=S) groups is 1. The Morgan fingerprint density at radius 2 is 2.17 bits per heavy atom. The SMILES string of the molecule is Cc1ccnc(OC2CCN(C)CC2)c1C(N)=S. The first kappa shape index (κ1) is 13.2. The van der Waals surface area contributed by atoms with E-state index in [0.717, 1.165) is 37.1 Å². The van der Waals surface area contributed by atoms with Gasteiger partial charge in [0.25, 0.3) is 0 Å². The van der Waals surface area contributed by atoms with Crippen molar-refractivity contribution in [2.45, 2.75) is 25.9 Å². The number of rotatable bonds is 3. The molecule has 1 saturated heterocycles. The van der Waals surface area contributed by atoms with Gasteiger partial charge in [-0.2, -0.15) is 0 Å². The highest BCUT2D eigenvalue weighted by molar-refractivity contribution is 7.80. The summed E-state index contributed by atoms with van der Waals surface area (Å²) in [5.41, 5.74) is 7.53. The molecule has 0 unspecified atom stereocenters. The zero-order valence-corrected chi connectivity index (χ0v) is 11.7. The number of aryl methyl sites for hydroxylation is 1. The lowest BCUT2D eigenvalue weighted by molar-refractivity contribution is 0.110. The van der Waals surface area contributed by atoms with Crippen LogP contribution in [0.5, 0.6) is 5.88 Å². The van der Waals surface area contributed by atoms with Crippen LogP contribution >= 0.6 is 12.2 Å². The predicted molar refractivity (Wildman–Crippen MR) is 76.0 cm³/mol. The number of hydrogen-bond acceptors (Lipinski definition) is 4. The third kappa shape index (κ3) is 2.97. The second-order valence-electron chi connectivity index (χ2n) is 4.79. The quantitative estimate of drug-likeness (QED) is 0.839. The first-order valence-corrected chi connectivity index (χ1v) is 6.59. The summed E-state index contributed by atoms with van der Waals surface area (Å²) in [5, 5.41) is 0. The summed E-state index contributed by atoms with van der Waals surface area (Å²) >= 11 is 5.07. The number of likely N-dealkylation sites (tertiary alicyclic amines) is 1. The largest absolute Gasteiger partial charge is 0.474 e. The molecule has 1 fully saturated rings. The Kier molecular flexibility index (Phi) is 4.14. The molecule has 1 aromatic heterocycles. The Balaban J connectivity index is 2.14. The minimum atomic E-state index is 0.212. The predicted octanol–water partition coefficient (Wildman–Crippen LogP) is 1.50. The third-order valence-corrected chi connectivity index (χ3v) is 3.52. The number of piperidine rings is 1. The minimum Gasteiger partial charge on any atom is -0.474 e. The molecular formula is C13H19N3OS. The molecule has 4 nitrogen and oxygen atoms in total. The topological polar surface area (TPSA) is 51.4 Å². The number of nitrogens with two attached hydrogens (primary N) is 1. The van der Waals surface area contributed by atoms with E-state index in [0.29, 0.717) is 10.9 Å². The van der Waals surface area contributed by atoms with Crippen LogP contribution in [-0.4, -0.2) is 41.1 Å². The summed E-state index contributed by atoms with van der Waals surface area (Å²) in [6.45, 7) is 4.08. The fourth-order valence-corrected chi connectivity index (χ4v) is 2.43. The average molecular weight is 265 g/mol. The monoisotopic (exact) mass is 265 g/mol. The molecule has 18 heavy (non-hydrogen) atoms. The van der Waals surface area contributed by atoms with Crippen molar-refractivity contribution >= 4 is 17.2 Å². The number of pyridine rings is 1. The van der Waals surface area contributed by atoms with Crippen molar-refractivity contribution in [1.82, 2.24) is 9.88 Å². The summed E-state index contributed by atoms with van der Waals surface area (Å²) in [4.78, 5) is 6.92. The molecule has 2 N–H and O–H groups in total. The molecule has 0 bridgehead atoms. The van der Waals surface area contributed by atoms with E-state index < -0.39 is 0 Å². The van der Waals surface area contributed by atoms with Gasteiger partial charge in [0.1, 0.15) is 11.1 Å². The van der Waals surface area contributed by atoms with Gasteiger partial charge in [0, 0.05) is 19.3 Å². The Morgan fingerprint density at radius 3 is 2.78 bits per heavy atom. The van der Waals surface area contributed by atoms with Crippen LogP contribution in [0.4, 0.5) is 0 Å². The third-order valence-electron chi connectivity index (χ3n) is 3.31. The number of hydrogen-bond donors (Lipinski definition) is 1. The van der Waals surface area contributed by atoms with Gasteiger partial charge in [-0.15, -0.1) is 0 Å². The van der Waals surface area contributed by atoms with E-state index in [1.807, 2.05) is 13.0 Å². The van der Waals surface area contributed by atoms with E-state index in [2.05, 4.69) is 16.9 Å². The van der Waals surface area contributed by atoms with Gasteiger partial charge in [-0.1, -0.05) is 12.2 Å². The van der Waals surface area contributed by atoms with E-state index in [4.69, 9.17) is 22.7 Å². The van der Waals surface area contributed by atoms with Crippen molar-refractivity contribution in [3.05, 3.63) is 23.4 Å². The highest BCUT2D eigenvalue weighted by Gasteiger charge is 2.21. The van der Waals surface area contributed by atoms with Crippen molar-refractivity contribution in [3.63, 3.8) is 0 Å². The van der Waals surface area contributed by atoms with Crippen LogP contribution in [0.15, 0.2) is 12.3 Å². The summed E-state index contributed by atoms with van der Waals surface area (Å²) in [7, 11) is 2.13. The zero-order chi connectivity index (χ0) is 13.1. The van der Waals surface area contributed by atoms with Crippen LogP contribution in [0.25, 0.3) is 0 Å². The second kappa shape index (κ2) is 5.63. The van der Waals surface area contributed by atoms with E-state index in [-0.39, 0.29) is 6.10 Å². The van der Waals surface area contributed by atoms with Gasteiger partial charge in [0.2, 0.25) is 5.88 Å². The summed E-state index contributed by atoms with van der Waals surface area (Å²) in [6.07, 6.45) is 3.98. The van der Waals surface area contributed by atoms with Gasteiger partial charge in [0.15, 0.2) is 0 Å². The number of nitrogens with zero attached hydrogens (tertiary/aromatic N) is 2. The van der Waals surface area contributed by atoms with Crippen molar-refractivity contribution < 1.29 is 4.74 Å². The second-order valence-corrected chi connectivity index (χ2v) is 5.23. The minimum absolute atomic E-state index is 0.212. The lowest BCUT2D eigenvalue weighted by atomic mass is 10.1. The summed E-state index contributed by atoms with van der Waals surface area (Å²) in [5.74, 6) is 0.581. The van der Waals surface area contributed by atoms with Crippen LogP contribution in [-0.2, 0) is 0 Å². The van der Waals surface area contributed by atoms with E-state index in [9.17, 15) is 0 Å². The molecule has 0 aromatic carbocycles. The standard InChI is InChI=1S/C13H19N3OS/c1-9-3-6-15-13(11(9)12(14)18)17-10-4-7-16(2)8-5-10/h3,6,10H,4-5,7-8H2,1-2H3,(H2,14,18). The van der Waals surface area contributed by atoms with E-state index in [1.54, 1.807) is 6.20 Å². The van der Waals surface area contributed by atoms with Crippen LogP contribution < -0.4 is 10.5 Å². The maximum atomic E-state index is 5.97. The lowest BCUT2D eigenvalue weighted by Gasteiger charge is -2.29. The van der Waals surface area contributed by atoms with Gasteiger partial charge in [-0.3, -0.25) is 0 Å². The van der Waals surface area contributed by atoms with Gasteiger partial charge in [0.05, 0.1) is 5.56 Å². The maximum absolute atomic E-state index is 5.97. The zero-order valence-electron chi connectivity index (χ0n) is 10.8. The van der Waals surface area contributed by atoms with Crippen LogP contribution in [0, 0.1) is 6.92 Å². The Labute approximate surface area is 113 Å². The molecule has 0 radical (unpaired) electrons. The van der Waals surface area contributed by atoms with Gasteiger partial charge < -0.3 is 15.4 Å². The maximum Gasteiger partial charge on any atom is 0.224 e. The van der Waals surface area contributed by atoms with Gasteiger partial charge in [-0.25, -0.2) is 4.98 Å². The first-order chi connectivity index (χ1) is 8.58. The van der Waals surface area contributed by atoms with Gasteiger partial charge in [-0.05, 0) is 38.4 Å². The Bertz CT molecular complexity index is 442. The molecule has 0 saturated carbocycles. The number of ether oxygens (including phenoxy) is 1. The highest BCUT2D eigenvalue weighted by atomic mass is 32.1. The normalized spacial score (nSPS) is 17.7. The first-order valence-electron chi connectivity index (χ1n) is 6.18. The molecule has 0 atom stereocenters. The summed E-state index contributed by atoms with van der Waals surface area (Å²) < 4.78 is 5.97. The Morgan fingerprint density at radius 1 is 1.50 bits per heavy atom. The molecule has 2 heterocycles. The molecule has 2 rings (SSSR count). The molecule has 1 aliphatic heterocycles. The van der Waals surface area contributed by atoms with Crippen molar-refractivity contribution in [1.29, 1.82) is 0 Å². The molecule has 0 amide bonds. The van der Waals surface area contributed by atoms with E-state index >= 15 is 0 Å². The fraction of sp³-hybridized carbons (Fsp3) is 0.538. The highest BCUT2D eigenvalue weighted by Crippen LogP contribution is 2.22. The average Bonchev–Trinajstić information content (AvgIpc) is 2.32. The fourth-order valence-electron chi connectivity index (χ4n) is 2.18. The molecule has 1 aliphatic rings. The Hall–Kier alpha value is -1.20. The van der Waals surface area contributed by atoms with Crippen LogP contribution in [0.1, 0.15) is 24.0 Å². The summed E-state index contributed by atoms with van der Waals surface area (Å²) in [6, 6.07) is 1.90. The smallest absolute Gasteiger partial charge is 0.224 e. The molecule has 5 heteroatoms. The number of aromatic nitrogens is 1.